The number of amides is 1. The van der Waals surface area contributed by atoms with Crippen LogP contribution in [-0.4, -0.2) is 39.8 Å². The number of rotatable bonds is 3. The molecule has 0 spiro atoms. The largest absolute Gasteiger partial charge is 0.366 e. The van der Waals surface area contributed by atoms with Crippen molar-refractivity contribution in [3.8, 4) is 0 Å². The molecule has 0 saturated carbocycles. The number of ether oxygens (including phenoxy) is 1. The molecule has 5 heteroatoms. The molecule has 1 aromatic carbocycles. The maximum atomic E-state index is 13.2. The molecule has 1 amide bonds. The van der Waals surface area contributed by atoms with Gasteiger partial charge in [-0.15, -0.1) is 0 Å². The summed E-state index contributed by atoms with van der Waals surface area (Å²) in [5.41, 5.74) is 1.70. The summed E-state index contributed by atoms with van der Waals surface area (Å²) in [6.07, 6.45) is 1.55. The second-order valence-corrected chi connectivity index (χ2v) is 8.35. The summed E-state index contributed by atoms with van der Waals surface area (Å²) in [6.45, 7) is 11.7. The predicted molar refractivity (Wildman–Crippen MR) is 102 cm³/mol. The van der Waals surface area contributed by atoms with E-state index in [2.05, 4.69) is 38.0 Å². The zero-order valence-corrected chi connectivity index (χ0v) is 16.3. The average Bonchev–Trinajstić information content (AvgIpc) is 3.11. The topological polar surface area (TPSA) is 47.4 Å². The molecular formula is C21H29N3O2. The van der Waals surface area contributed by atoms with Crippen molar-refractivity contribution in [3.05, 3.63) is 53.9 Å². The fraction of sp³-hybridized carbons (Fsp3) is 0.524. The smallest absolute Gasteiger partial charge is 0.272 e. The van der Waals surface area contributed by atoms with Crippen LogP contribution in [0, 0.1) is 5.41 Å². The first-order valence-corrected chi connectivity index (χ1v) is 9.30. The summed E-state index contributed by atoms with van der Waals surface area (Å²) in [7, 11) is 0. The Labute approximate surface area is 156 Å². The third-order valence-electron chi connectivity index (χ3n) is 4.90. The van der Waals surface area contributed by atoms with E-state index < -0.39 is 0 Å². The zero-order valence-electron chi connectivity index (χ0n) is 16.3. The first-order chi connectivity index (χ1) is 12.3. The van der Waals surface area contributed by atoms with Gasteiger partial charge in [-0.05, 0) is 30.9 Å². The maximum absolute atomic E-state index is 13.2. The van der Waals surface area contributed by atoms with Crippen LogP contribution >= 0.6 is 0 Å². The summed E-state index contributed by atoms with van der Waals surface area (Å²) in [6, 6.07) is 12.1. The van der Waals surface area contributed by atoms with Gasteiger partial charge >= 0.3 is 0 Å². The second kappa shape index (κ2) is 7.23. The molecule has 0 unspecified atom stereocenters. The van der Waals surface area contributed by atoms with Crippen molar-refractivity contribution in [3.63, 3.8) is 0 Å². The molecule has 2 heterocycles. The van der Waals surface area contributed by atoms with Gasteiger partial charge in [-0.1, -0.05) is 51.1 Å². The number of carbonyl (C=O) groups excluding carboxylic acids is 1. The van der Waals surface area contributed by atoms with Crippen LogP contribution in [-0.2, 0) is 4.74 Å². The summed E-state index contributed by atoms with van der Waals surface area (Å²) in [4.78, 5) is 15.2. The summed E-state index contributed by atoms with van der Waals surface area (Å²) in [5, 5.41) is 4.31. The monoisotopic (exact) mass is 355 g/mol. The highest BCUT2D eigenvalue weighted by Gasteiger charge is 2.38. The Morgan fingerprint density at radius 2 is 1.85 bits per heavy atom. The van der Waals surface area contributed by atoms with Crippen LogP contribution < -0.4 is 0 Å². The second-order valence-electron chi connectivity index (χ2n) is 8.35. The van der Waals surface area contributed by atoms with Gasteiger partial charge in [0, 0.05) is 18.8 Å². The Morgan fingerprint density at radius 3 is 2.46 bits per heavy atom. The van der Waals surface area contributed by atoms with Gasteiger partial charge in [0.25, 0.3) is 5.91 Å². The SMILES string of the molecule is CC(C)n1nccc1C(=O)N1C[C@@H](c2ccccc2)O[C@@H](C(C)(C)C)C1. The molecule has 140 valence electrons. The molecular weight excluding hydrogens is 326 g/mol. The number of hydrogen-bond acceptors (Lipinski definition) is 3. The quantitative estimate of drug-likeness (QED) is 0.833. The first-order valence-electron chi connectivity index (χ1n) is 9.30. The van der Waals surface area contributed by atoms with Gasteiger partial charge in [-0.3, -0.25) is 9.48 Å². The molecule has 0 radical (unpaired) electrons. The van der Waals surface area contributed by atoms with E-state index in [1.807, 2.05) is 36.9 Å². The lowest BCUT2D eigenvalue weighted by molar-refractivity contribution is -0.119. The Balaban J connectivity index is 1.90. The van der Waals surface area contributed by atoms with Crippen LogP contribution in [0.5, 0.6) is 0 Å². The van der Waals surface area contributed by atoms with Crippen LogP contribution in [0.3, 0.4) is 0 Å². The van der Waals surface area contributed by atoms with Gasteiger partial charge in [0.1, 0.15) is 11.8 Å². The molecule has 0 bridgehead atoms. The normalized spacial score (nSPS) is 21.2. The minimum atomic E-state index is -0.117. The molecule has 26 heavy (non-hydrogen) atoms. The number of hydrogen-bond donors (Lipinski definition) is 0. The molecule has 5 nitrogen and oxygen atoms in total. The highest BCUT2D eigenvalue weighted by Crippen LogP contribution is 2.34. The predicted octanol–water partition coefficient (Wildman–Crippen LogP) is 4.09. The fourth-order valence-electron chi connectivity index (χ4n) is 3.31. The fourth-order valence-corrected chi connectivity index (χ4v) is 3.31. The lowest BCUT2D eigenvalue weighted by Gasteiger charge is -2.43. The third-order valence-corrected chi connectivity index (χ3v) is 4.90. The first kappa shape index (κ1) is 18.6. The van der Waals surface area contributed by atoms with Gasteiger partial charge in [0.15, 0.2) is 0 Å². The molecule has 0 N–H and O–H groups in total. The Morgan fingerprint density at radius 1 is 1.15 bits per heavy atom. The molecule has 1 aliphatic rings. The molecule has 2 aromatic rings. The van der Waals surface area contributed by atoms with Crippen LogP contribution in [0.25, 0.3) is 0 Å². The highest BCUT2D eigenvalue weighted by atomic mass is 16.5. The highest BCUT2D eigenvalue weighted by molar-refractivity contribution is 5.92. The lowest BCUT2D eigenvalue weighted by Crippen LogP contribution is -2.51. The molecule has 2 atom stereocenters. The third kappa shape index (κ3) is 3.83. The van der Waals surface area contributed by atoms with Crippen LogP contribution in [0.2, 0.25) is 0 Å². The molecule has 1 saturated heterocycles. The van der Waals surface area contributed by atoms with E-state index in [0.29, 0.717) is 18.8 Å². The van der Waals surface area contributed by atoms with Gasteiger partial charge in [-0.25, -0.2) is 0 Å². The van der Waals surface area contributed by atoms with E-state index in [1.165, 1.54) is 0 Å². The molecule has 1 aliphatic heterocycles. The average molecular weight is 355 g/mol. The number of morpholine rings is 1. The minimum Gasteiger partial charge on any atom is -0.366 e. The van der Waals surface area contributed by atoms with Crippen molar-refractivity contribution in [2.24, 2.45) is 5.41 Å². The van der Waals surface area contributed by atoms with Crippen LogP contribution in [0.15, 0.2) is 42.6 Å². The summed E-state index contributed by atoms with van der Waals surface area (Å²) >= 11 is 0. The summed E-state index contributed by atoms with van der Waals surface area (Å²) in [5.74, 6) is 0.0229. The maximum Gasteiger partial charge on any atom is 0.272 e. The van der Waals surface area contributed by atoms with Crippen LogP contribution in [0.4, 0.5) is 0 Å². The molecule has 3 rings (SSSR count). The van der Waals surface area contributed by atoms with Crippen molar-refractivity contribution in [2.45, 2.75) is 52.9 Å². The van der Waals surface area contributed by atoms with Gasteiger partial charge in [0.2, 0.25) is 0 Å². The number of carbonyl (C=O) groups is 1. The number of aromatic nitrogens is 2. The zero-order chi connectivity index (χ0) is 18.9. The van der Waals surface area contributed by atoms with E-state index >= 15 is 0 Å². The van der Waals surface area contributed by atoms with Crippen molar-refractivity contribution in [1.29, 1.82) is 0 Å². The van der Waals surface area contributed by atoms with E-state index in [0.717, 1.165) is 5.56 Å². The number of nitrogens with zero attached hydrogens (tertiary/aromatic N) is 3. The molecule has 1 aromatic heterocycles. The van der Waals surface area contributed by atoms with E-state index in [1.54, 1.807) is 16.9 Å². The van der Waals surface area contributed by atoms with Crippen molar-refractivity contribution in [1.82, 2.24) is 14.7 Å². The molecule has 0 aliphatic carbocycles. The molecule has 1 fully saturated rings. The Hall–Kier alpha value is -2.14. The van der Waals surface area contributed by atoms with E-state index in [4.69, 9.17) is 4.74 Å². The minimum absolute atomic E-state index is 0.0229. The Kier molecular flexibility index (Phi) is 5.19. The lowest BCUT2D eigenvalue weighted by atomic mass is 9.87. The van der Waals surface area contributed by atoms with Gasteiger partial charge < -0.3 is 9.64 Å². The van der Waals surface area contributed by atoms with E-state index in [-0.39, 0.29) is 29.6 Å². The standard InChI is InChI=1S/C21H29N3O2/c1-15(2)24-17(11-12-22-24)20(25)23-13-18(16-9-7-6-8-10-16)26-19(14-23)21(3,4)5/h6-12,15,18-19H,13-14H2,1-5H3/t18-,19+/m0/s1. The van der Waals surface area contributed by atoms with Gasteiger partial charge in [0.05, 0.1) is 12.6 Å². The van der Waals surface area contributed by atoms with E-state index in [9.17, 15) is 4.79 Å². The van der Waals surface area contributed by atoms with Crippen molar-refractivity contribution >= 4 is 5.91 Å². The Bertz CT molecular complexity index is 746. The summed E-state index contributed by atoms with van der Waals surface area (Å²) < 4.78 is 8.19. The van der Waals surface area contributed by atoms with Crippen molar-refractivity contribution < 1.29 is 9.53 Å². The van der Waals surface area contributed by atoms with Crippen molar-refractivity contribution in [2.75, 3.05) is 13.1 Å². The number of benzene rings is 1. The van der Waals surface area contributed by atoms with Gasteiger partial charge in [-0.2, -0.15) is 5.10 Å². The van der Waals surface area contributed by atoms with Crippen LogP contribution in [0.1, 0.15) is 62.8 Å².